The van der Waals surface area contributed by atoms with E-state index >= 15 is 0 Å². The van der Waals surface area contributed by atoms with Crippen LogP contribution in [0, 0.1) is 12.3 Å². The van der Waals surface area contributed by atoms with Crippen molar-refractivity contribution in [3.8, 4) is 0 Å². The summed E-state index contributed by atoms with van der Waals surface area (Å²) < 4.78 is 5.57. The second-order valence-corrected chi connectivity index (χ2v) is 6.29. The lowest BCUT2D eigenvalue weighted by molar-refractivity contribution is -0.181. The number of anilines is 1. The Labute approximate surface area is 125 Å². The van der Waals surface area contributed by atoms with Gasteiger partial charge in [-0.05, 0) is 38.3 Å². The van der Waals surface area contributed by atoms with E-state index in [2.05, 4.69) is 10.3 Å². The Kier molecular flexibility index (Phi) is 3.61. The van der Waals surface area contributed by atoms with Crippen LogP contribution in [0.5, 0.6) is 0 Å². The fourth-order valence-corrected chi connectivity index (χ4v) is 3.82. The summed E-state index contributed by atoms with van der Waals surface area (Å²) in [5.74, 6) is 0. The van der Waals surface area contributed by atoms with E-state index in [0.717, 1.165) is 17.8 Å². The van der Waals surface area contributed by atoms with Crippen LogP contribution in [0.25, 0.3) is 0 Å². The molecule has 3 rings (SSSR count). The van der Waals surface area contributed by atoms with E-state index in [1.807, 2.05) is 31.0 Å². The van der Waals surface area contributed by atoms with Gasteiger partial charge in [0.25, 0.3) is 0 Å². The summed E-state index contributed by atoms with van der Waals surface area (Å²) >= 11 is 0. The van der Waals surface area contributed by atoms with Gasteiger partial charge in [-0.3, -0.25) is 4.98 Å². The number of nitrogens with zero attached hydrogens (tertiary/aromatic N) is 2. The van der Waals surface area contributed by atoms with Gasteiger partial charge in [0.15, 0.2) is 0 Å². The predicted molar refractivity (Wildman–Crippen MR) is 81.2 cm³/mol. The Hall–Kier alpha value is -1.62. The van der Waals surface area contributed by atoms with Gasteiger partial charge in [-0.25, -0.2) is 4.79 Å². The quantitative estimate of drug-likeness (QED) is 0.931. The second-order valence-electron chi connectivity index (χ2n) is 6.29. The molecule has 0 radical (unpaired) electrons. The minimum Gasteiger partial charge on any atom is -0.381 e. The summed E-state index contributed by atoms with van der Waals surface area (Å²) in [6, 6.07) is 3.94. The van der Waals surface area contributed by atoms with Crippen LogP contribution >= 0.6 is 0 Å². The first-order valence-corrected chi connectivity index (χ1v) is 7.56. The van der Waals surface area contributed by atoms with E-state index in [1.54, 1.807) is 13.3 Å². The summed E-state index contributed by atoms with van der Waals surface area (Å²) in [7, 11) is 3.67. The van der Waals surface area contributed by atoms with Crippen LogP contribution in [-0.2, 0) is 4.74 Å². The number of hydrogen-bond acceptors (Lipinski definition) is 3. The average molecular weight is 289 g/mol. The highest BCUT2D eigenvalue weighted by molar-refractivity contribution is 5.89. The zero-order valence-electron chi connectivity index (χ0n) is 12.9. The molecule has 114 valence electrons. The number of aromatic nitrogens is 1. The molecule has 2 atom stereocenters. The number of aryl methyl sites for hydroxylation is 1. The topological polar surface area (TPSA) is 54.5 Å². The highest BCUT2D eigenvalue weighted by atomic mass is 16.5. The van der Waals surface area contributed by atoms with Crippen molar-refractivity contribution in [3.63, 3.8) is 0 Å². The molecule has 1 spiro atoms. The standard InChI is InChI=1S/C16H23N3O2/c1-11-9-12(5-8-17-11)18-15(20)19(2)13-10-14(21-3)16(13)6-4-7-16/h5,8-9,13-14H,4,6-7,10H2,1-3H3,(H,17,18,20). The van der Waals surface area contributed by atoms with Crippen LogP contribution in [0.2, 0.25) is 0 Å². The highest BCUT2D eigenvalue weighted by Crippen LogP contribution is 2.58. The van der Waals surface area contributed by atoms with Gasteiger partial charge in [0, 0.05) is 43.2 Å². The average Bonchev–Trinajstić information content (AvgIpc) is 2.36. The molecule has 1 heterocycles. The molecule has 2 fully saturated rings. The van der Waals surface area contributed by atoms with Crippen molar-refractivity contribution in [2.75, 3.05) is 19.5 Å². The minimum absolute atomic E-state index is 0.0496. The van der Waals surface area contributed by atoms with E-state index < -0.39 is 0 Å². The van der Waals surface area contributed by atoms with Crippen molar-refractivity contribution in [3.05, 3.63) is 24.0 Å². The van der Waals surface area contributed by atoms with E-state index in [4.69, 9.17) is 4.74 Å². The lowest BCUT2D eigenvalue weighted by atomic mass is 9.50. The Morgan fingerprint density at radius 2 is 2.29 bits per heavy atom. The smallest absolute Gasteiger partial charge is 0.321 e. The number of methoxy groups -OCH3 is 1. The number of nitrogens with one attached hydrogen (secondary N) is 1. The maximum Gasteiger partial charge on any atom is 0.321 e. The van der Waals surface area contributed by atoms with Crippen LogP contribution in [-0.4, -0.2) is 42.2 Å². The SMILES string of the molecule is COC1CC(N(C)C(=O)Nc2ccnc(C)c2)C12CCC2. The maximum atomic E-state index is 12.4. The second kappa shape index (κ2) is 5.30. The van der Waals surface area contributed by atoms with Gasteiger partial charge in [-0.15, -0.1) is 0 Å². The summed E-state index contributed by atoms with van der Waals surface area (Å²) in [5.41, 5.74) is 1.90. The molecule has 2 saturated carbocycles. The van der Waals surface area contributed by atoms with E-state index in [9.17, 15) is 4.79 Å². The number of ether oxygens (including phenoxy) is 1. The van der Waals surface area contributed by atoms with Crippen molar-refractivity contribution >= 4 is 11.7 Å². The lowest BCUT2D eigenvalue weighted by Gasteiger charge is -2.62. The van der Waals surface area contributed by atoms with E-state index in [-0.39, 0.29) is 11.4 Å². The number of carbonyl (C=O) groups excluding carboxylic acids is 1. The lowest BCUT2D eigenvalue weighted by Crippen LogP contribution is -2.67. The number of urea groups is 1. The number of rotatable bonds is 3. The van der Waals surface area contributed by atoms with Crippen LogP contribution in [0.1, 0.15) is 31.4 Å². The van der Waals surface area contributed by atoms with Gasteiger partial charge in [-0.1, -0.05) is 6.42 Å². The van der Waals surface area contributed by atoms with Gasteiger partial charge in [-0.2, -0.15) is 0 Å². The molecule has 2 amide bonds. The fraction of sp³-hybridized carbons (Fsp3) is 0.625. The molecule has 1 aromatic heterocycles. The molecule has 5 heteroatoms. The van der Waals surface area contributed by atoms with Gasteiger partial charge in [0.2, 0.25) is 0 Å². The molecular weight excluding hydrogens is 266 g/mol. The molecule has 2 aliphatic rings. The first-order chi connectivity index (χ1) is 10.1. The van der Waals surface area contributed by atoms with Gasteiger partial charge in [0.05, 0.1) is 6.10 Å². The maximum absolute atomic E-state index is 12.4. The summed E-state index contributed by atoms with van der Waals surface area (Å²) in [6.45, 7) is 1.91. The first kappa shape index (κ1) is 14.3. The van der Waals surface area contributed by atoms with E-state index in [0.29, 0.717) is 12.1 Å². The van der Waals surface area contributed by atoms with Gasteiger partial charge < -0.3 is 15.0 Å². The first-order valence-electron chi connectivity index (χ1n) is 7.56. The Morgan fingerprint density at radius 3 is 2.86 bits per heavy atom. The summed E-state index contributed by atoms with van der Waals surface area (Å²) in [4.78, 5) is 18.4. The molecule has 2 aliphatic carbocycles. The molecule has 0 aromatic carbocycles. The Bertz CT molecular complexity index is 542. The third-order valence-electron chi connectivity index (χ3n) is 5.25. The third-order valence-corrected chi connectivity index (χ3v) is 5.25. The normalized spacial score (nSPS) is 25.9. The molecule has 1 N–H and O–H groups in total. The molecule has 5 nitrogen and oxygen atoms in total. The zero-order chi connectivity index (χ0) is 15.0. The van der Waals surface area contributed by atoms with Gasteiger partial charge in [0.1, 0.15) is 0 Å². The zero-order valence-corrected chi connectivity index (χ0v) is 12.9. The molecule has 0 aliphatic heterocycles. The number of hydrogen-bond donors (Lipinski definition) is 1. The number of amides is 2. The molecule has 0 saturated heterocycles. The number of carbonyl (C=O) groups is 1. The van der Waals surface area contributed by atoms with Crippen LogP contribution < -0.4 is 5.32 Å². The van der Waals surface area contributed by atoms with Crippen LogP contribution in [0.15, 0.2) is 18.3 Å². The fourth-order valence-electron chi connectivity index (χ4n) is 3.82. The molecule has 2 unspecified atom stereocenters. The van der Waals surface area contributed by atoms with Crippen molar-refractivity contribution in [2.24, 2.45) is 5.41 Å². The molecule has 1 aromatic rings. The Morgan fingerprint density at radius 1 is 1.52 bits per heavy atom. The molecule has 0 bridgehead atoms. The van der Waals surface area contributed by atoms with Crippen LogP contribution in [0.4, 0.5) is 10.5 Å². The number of pyridine rings is 1. The van der Waals surface area contributed by atoms with Crippen molar-refractivity contribution in [1.29, 1.82) is 0 Å². The third kappa shape index (κ3) is 2.29. The van der Waals surface area contributed by atoms with Crippen molar-refractivity contribution < 1.29 is 9.53 Å². The van der Waals surface area contributed by atoms with E-state index in [1.165, 1.54) is 19.3 Å². The van der Waals surface area contributed by atoms with Crippen molar-refractivity contribution in [1.82, 2.24) is 9.88 Å². The molecular formula is C16H23N3O2. The summed E-state index contributed by atoms with van der Waals surface area (Å²) in [6.07, 6.45) is 6.55. The van der Waals surface area contributed by atoms with Gasteiger partial charge >= 0.3 is 6.03 Å². The summed E-state index contributed by atoms with van der Waals surface area (Å²) in [5, 5.41) is 2.96. The molecule has 21 heavy (non-hydrogen) atoms. The minimum atomic E-state index is -0.0496. The largest absolute Gasteiger partial charge is 0.381 e. The van der Waals surface area contributed by atoms with Crippen molar-refractivity contribution in [2.45, 2.75) is 44.8 Å². The Balaban J connectivity index is 1.65. The van der Waals surface area contributed by atoms with Crippen LogP contribution in [0.3, 0.4) is 0 Å². The highest BCUT2D eigenvalue weighted by Gasteiger charge is 2.60. The monoisotopic (exact) mass is 289 g/mol. The predicted octanol–water partition coefficient (Wildman–Crippen LogP) is 2.81.